The van der Waals surface area contributed by atoms with Gasteiger partial charge in [-0.3, -0.25) is 4.99 Å². The fraction of sp³-hybridized carbons (Fsp3) is 0.696. The number of guanidine groups is 1. The van der Waals surface area contributed by atoms with E-state index in [1.807, 2.05) is 0 Å². The lowest BCUT2D eigenvalue weighted by Gasteiger charge is -2.21. The number of rotatable bonds is 10. The molecule has 7 heteroatoms. The Balaban J connectivity index is 0.00000320. The van der Waals surface area contributed by atoms with Gasteiger partial charge in [0, 0.05) is 64.8 Å². The predicted molar refractivity (Wildman–Crippen MR) is 135 cm³/mol. The third-order valence-corrected chi connectivity index (χ3v) is 5.71. The molecule has 0 spiro atoms. The molecule has 170 valence electrons. The number of nitrogens with one attached hydrogen (secondary N) is 2. The summed E-state index contributed by atoms with van der Waals surface area (Å²) in [6.07, 6.45) is 4.48. The number of anilines is 1. The summed E-state index contributed by atoms with van der Waals surface area (Å²) in [6, 6.07) is 10.7. The van der Waals surface area contributed by atoms with E-state index in [4.69, 9.17) is 14.5 Å². The van der Waals surface area contributed by atoms with E-state index in [9.17, 15) is 0 Å². The number of hydrogen-bond acceptors (Lipinski definition) is 4. The van der Waals surface area contributed by atoms with Crippen molar-refractivity contribution < 1.29 is 9.47 Å². The first kappa shape index (κ1) is 25.2. The second kappa shape index (κ2) is 14.9. The van der Waals surface area contributed by atoms with Gasteiger partial charge in [-0.2, -0.15) is 0 Å². The Kier molecular flexibility index (Phi) is 12.5. The van der Waals surface area contributed by atoms with Crippen LogP contribution in [0.4, 0.5) is 5.69 Å². The number of nitrogens with zero attached hydrogens (tertiary/aromatic N) is 2. The number of benzene rings is 1. The van der Waals surface area contributed by atoms with Gasteiger partial charge >= 0.3 is 0 Å². The van der Waals surface area contributed by atoms with Crippen molar-refractivity contribution in [2.24, 2.45) is 16.8 Å². The summed E-state index contributed by atoms with van der Waals surface area (Å²) < 4.78 is 11.2. The van der Waals surface area contributed by atoms with Crippen molar-refractivity contribution in [2.75, 3.05) is 64.1 Å². The van der Waals surface area contributed by atoms with Crippen molar-refractivity contribution in [3.05, 3.63) is 30.3 Å². The molecule has 0 bridgehead atoms. The van der Waals surface area contributed by atoms with E-state index in [0.29, 0.717) is 11.8 Å². The van der Waals surface area contributed by atoms with Gasteiger partial charge in [-0.1, -0.05) is 18.2 Å². The van der Waals surface area contributed by atoms with Crippen molar-refractivity contribution in [2.45, 2.75) is 32.6 Å². The zero-order valence-electron chi connectivity index (χ0n) is 18.4. The minimum atomic E-state index is 0. The van der Waals surface area contributed by atoms with Crippen LogP contribution >= 0.6 is 24.0 Å². The van der Waals surface area contributed by atoms with Crippen molar-refractivity contribution in [1.29, 1.82) is 0 Å². The number of ether oxygens (including phenoxy) is 2. The maximum absolute atomic E-state index is 5.85. The molecule has 30 heavy (non-hydrogen) atoms. The van der Waals surface area contributed by atoms with Crippen LogP contribution in [-0.4, -0.2) is 65.1 Å². The van der Waals surface area contributed by atoms with Crippen molar-refractivity contribution in [1.82, 2.24) is 10.6 Å². The van der Waals surface area contributed by atoms with Crippen LogP contribution in [0.2, 0.25) is 0 Å². The number of aliphatic imine (C=N–C) groups is 1. The molecule has 1 atom stereocenters. The highest BCUT2D eigenvalue weighted by atomic mass is 127. The van der Waals surface area contributed by atoms with E-state index in [2.05, 4.69) is 52.8 Å². The summed E-state index contributed by atoms with van der Waals surface area (Å²) in [7, 11) is 0. The molecule has 2 aliphatic heterocycles. The van der Waals surface area contributed by atoms with Crippen LogP contribution in [-0.2, 0) is 9.47 Å². The summed E-state index contributed by atoms with van der Waals surface area (Å²) in [5, 5.41) is 6.81. The Morgan fingerprint density at radius 2 is 1.93 bits per heavy atom. The number of hydrogen-bond donors (Lipinski definition) is 2. The molecule has 0 aromatic heterocycles. The Hall–Kier alpha value is -1.06. The van der Waals surface area contributed by atoms with Gasteiger partial charge in [-0.05, 0) is 56.6 Å². The van der Waals surface area contributed by atoms with E-state index in [-0.39, 0.29) is 24.0 Å². The van der Waals surface area contributed by atoms with Crippen LogP contribution in [0.5, 0.6) is 0 Å². The highest BCUT2D eigenvalue weighted by molar-refractivity contribution is 14.0. The van der Waals surface area contributed by atoms with E-state index < -0.39 is 0 Å². The van der Waals surface area contributed by atoms with Gasteiger partial charge in [0.1, 0.15) is 0 Å². The number of para-hydroxylation sites is 1. The molecule has 3 rings (SSSR count). The van der Waals surface area contributed by atoms with Crippen LogP contribution in [0.15, 0.2) is 35.3 Å². The maximum Gasteiger partial charge on any atom is 0.191 e. The van der Waals surface area contributed by atoms with Crippen LogP contribution in [0.1, 0.15) is 32.6 Å². The van der Waals surface area contributed by atoms with E-state index in [0.717, 1.165) is 84.4 Å². The average Bonchev–Trinajstić information content (AvgIpc) is 3.25. The standard InChI is InChI=1S/C23H38N4O2.HI/c1-2-24-23(25-12-6-14-29-19-20-10-15-28-16-11-20)26-17-21-9-13-27(18-21)22-7-4-3-5-8-22;/h3-5,7-8,20-21H,2,6,9-19H2,1H3,(H2,24,25,26);1H. The Bertz CT molecular complexity index is 596. The molecule has 2 fully saturated rings. The Morgan fingerprint density at radius 1 is 1.13 bits per heavy atom. The van der Waals surface area contributed by atoms with Gasteiger partial charge < -0.3 is 25.0 Å². The van der Waals surface area contributed by atoms with Gasteiger partial charge in [0.25, 0.3) is 0 Å². The van der Waals surface area contributed by atoms with E-state index in [1.54, 1.807) is 0 Å². The molecule has 1 unspecified atom stereocenters. The molecule has 2 aliphatic rings. The van der Waals surface area contributed by atoms with Gasteiger partial charge in [0.05, 0.1) is 0 Å². The molecule has 1 aromatic carbocycles. The molecule has 1 aromatic rings. The highest BCUT2D eigenvalue weighted by Crippen LogP contribution is 2.23. The minimum Gasteiger partial charge on any atom is -0.381 e. The zero-order valence-corrected chi connectivity index (χ0v) is 20.7. The monoisotopic (exact) mass is 530 g/mol. The van der Waals surface area contributed by atoms with E-state index >= 15 is 0 Å². The smallest absolute Gasteiger partial charge is 0.191 e. The average molecular weight is 530 g/mol. The fourth-order valence-electron chi connectivity index (χ4n) is 3.96. The SMILES string of the molecule is CCNC(=NCC1CCN(c2ccccc2)C1)NCCCOCC1CCOCC1.I. The lowest BCUT2D eigenvalue weighted by atomic mass is 10.0. The highest BCUT2D eigenvalue weighted by Gasteiger charge is 2.22. The van der Waals surface area contributed by atoms with Crippen molar-refractivity contribution >= 4 is 35.6 Å². The Morgan fingerprint density at radius 3 is 2.70 bits per heavy atom. The molecule has 2 saturated heterocycles. The topological polar surface area (TPSA) is 58.1 Å². The van der Waals surface area contributed by atoms with Crippen molar-refractivity contribution in [3.63, 3.8) is 0 Å². The molecule has 0 aliphatic carbocycles. The van der Waals surface area contributed by atoms with Gasteiger partial charge in [-0.25, -0.2) is 0 Å². The second-order valence-electron chi connectivity index (χ2n) is 8.07. The summed E-state index contributed by atoms with van der Waals surface area (Å²) in [4.78, 5) is 7.30. The fourth-order valence-corrected chi connectivity index (χ4v) is 3.96. The quantitative estimate of drug-likeness (QED) is 0.210. The molecule has 2 N–H and O–H groups in total. The summed E-state index contributed by atoms with van der Waals surface area (Å²) in [6.45, 7) is 10.4. The molecular formula is C23H39IN4O2. The molecule has 0 amide bonds. The molecule has 0 radical (unpaired) electrons. The Labute approximate surface area is 199 Å². The molecule has 6 nitrogen and oxygen atoms in total. The van der Waals surface area contributed by atoms with Crippen molar-refractivity contribution in [3.8, 4) is 0 Å². The first-order valence-corrected chi connectivity index (χ1v) is 11.3. The van der Waals surface area contributed by atoms with Crippen LogP contribution < -0.4 is 15.5 Å². The largest absolute Gasteiger partial charge is 0.381 e. The third-order valence-electron chi connectivity index (χ3n) is 5.71. The van der Waals surface area contributed by atoms with E-state index in [1.165, 1.54) is 12.1 Å². The predicted octanol–water partition coefficient (Wildman–Crippen LogP) is 3.52. The van der Waals surface area contributed by atoms with Crippen LogP contribution in [0.25, 0.3) is 0 Å². The minimum absolute atomic E-state index is 0. The van der Waals surface area contributed by atoms with Crippen LogP contribution in [0.3, 0.4) is 0 Å². The first-order chi connectivity index (χ1) is 14.3. The van der Waals surface area contributed by atoms with Gasteiger partial charge in [0.15, 0.2) is 5.96 Å². The lowest BCUT2D eigenvalue weighted by Crippen LogP contribution is -2.38. The summed E-state index contributed by atoms with van der Waals surface area (Å²) in [5.41, 5.74) is 1.32. The second-order valence-corrected chi connectivity index (χ2v) is 8.07. The molecule has 2 heterocycles. The lowest BCUT2D eigenvalue weighted by molar-refractivity contribution is 0.0203. The summed E-state index contributed by atoms with van der Waals surface area (Å²) >= 11 is 0. The van der Waals surface area contributed by atoms with Crippen LogP contribution in [0, 0.1) is 11.8 Å². The first-order valence-electron chi connectivity index (χ1n) is 11.3. The molecule has 0 saturated carbocycles. The summed E-state index contributed by atoms with van der Waals surface area (Å²) in [5.74, 6) is 2.22. The van der Waals surface area contributed by atoms with Gasteiger partial charge in [0.2, 0.25) is 0 Å². The number of halogens is 1. The zero-order chi connectivity index (χ0) is 20.2. The normalized spacial score (nSPS) is 20.1. The molecular weight excluding hydrogens is 491 g/mol. The third kappa shape index (κ3) is 8.98. The maximum atomic E-state index is 5.85. The van der Waals surface area contributed by atoms with Gasteiger partial charge in [-0.15, -0.1) is 24.0 Å².